The molecule has 0 amide bonds. The molecule has 2 unspecified atom stereocenters. The van der Waals surface area contributed by atoms with Crippen molar-refractivity contribution in [3.63, 3.8) is 0 Å². The summed E-state index contributed by atoms with van der Waals surface area (Å²) in [5, 5.41) is 0. The molecule has 3 rings (SSSR count). The summed E-state index contributed by atoms with van der Waals surface area (Å²) in [5.41, 5.74) is 3.28. The Morgan fingerprint density at radius 3 is 3.00 bits per heavy atom. The number of nitrogens with zero attached hydrogens (tertiary/aromatic N) is 2. The van der Waals surface area contributed by atoms with Gasteiger partial charge in [-0.1, -0.05) is 26.2 Å². The lowest BCUT2D eigenvalue weighted by Gasteiger charge is -2.32. The molecule has 1 aliphatic carbocycles. The normalized spacial score (nSPS) is 23.9. The first-order valence-corrected chi connectivity index (χ1v) is 7.68. The number of hydrogen-bond donors (Lipinski definition) is 1. The maximum Gasteiger partial charge on any atom is 0.179 e. The Morgan fingerprint density at radius 1 is 1.42 bits per heavy atom. The average Bonchev–Trinajstić information content (AvgIpc) is 2.73. The molecule has 0 radical (unpaired) electrons. The summed E-state index contributed by atoms with van der Waals surface area (Å²) >= 11 is 5.55. The van der Waals surface area contributed by atoms with Crippen molar-refractivity contribution in [1.29, 1.82) is 0 Å². The molecular formula is C15H21N3S. The third-order valence-corrected chi connectivity index (χ3v) is 4.72. The van der Waals surface area contributed by atoms with Crippen LogP contribution in [0.4, 0.5) is 0 Å². The van der Waals surface area contributed by atoms with Crippen molar-refractivity contribution in [2.45, 2.75) is 52.0 Å². The first kappa shape index (κ1) is 12.9. The molecule has 0 bridgehead atoms. The number of aromatic amines is 1. The molecule has 0 aliphatic heterocycles. The monoisotopic (exact) mass is 275 g/mol. The van der Waals surface area contributed by atoms with Crippen molar-refractivity contribution in [3.8, 4) is 0 Å². The molecule has 0 aromatic carbocycles. The standard InChI is InChI=1S/C15H21N3S/c1-3-11-6-4-5-7-13(11)18-14-12(17-15(18)19)8-10(2)9-16-14/h8-9,11,13H,3-7H2,1-2H3,(H,17,19). The van der Waals surface area contributed by atoms with Gasteiger partial charge in [0.25, 0.3) is 0 Å². The van der Waals surface area contributed by atoms with Gasteiger partial charge in [0, 0.05) is 12.2 Å². The minimum Gasteiger partial charge on any atom is -0.329 e. The molecule has 4 heteroatoms. The lowest BCUT2D eigenvalue weighted by Crippen LogP contribution is -2.23. The van der Waals surface area contributed by atoms with Crippen molar-refractivity contribution >= 4 is 23.4 Å². The summed E-state index contributed by atoms with van der Waals surface area (Å²) in [5.74, 6) is 0.738. The molecule has 19 heavy (non-hydrogen) atoms. The largest absolute Gasteiger partial charge is 0.329 e. The second kappa shape index (κ2) is 5.08. The van der Waals surface area contributed by atoms with Gasteiger partial charge in [0.2, 0.25) is 0 Å². The van der Waals surface area contributed by atoms with Gasteiger partial charge in [-0.2, -0.15) is 0 Å². The highest BCUT2D eigenvalue weighted by molar-refractivity contribution is 7.71. The maximum atomic E-state index is 5.55. The zero-order valence-corrected chi connectivity index (χ0v) is 12.5. The smallest absolute Gasteiger partial charge is 0.179 e. The molecular weight excluding hydrogens is 254 g/mol. The highest BCUT2D eigenvalue weighted by atomic mass is 32.1. The quantitative estimate of drug-likeness (QED) is 0.816. The van der Waals surface area contributed by atoms with E-state index in [4.69, 9.17) is 12.2 Å². The van der Waals surface area contributed by atoms with E-state index in [1.165, 1.54) is 37.7 Å². The van der Waals surface area contributed by atoms with Crippen molar-refractivity contribution in [3.05, 3.63) is 22.6 Å². The molecule has 2 heterocycles. The van der Waals surface area contributed by atoms with Crippen molar-refractivity contribution in [2.24, 2.45) is 5.92 Å². The Kier molecular flexibility index (Phi) is 3.44. The van der Waals surface area contributed by atoms with Gasteiger partial charge < -0.3 is 4.98 Å². The van der Waals surface area contributed by atoms with Crippen LogP contribution in [0.25, 0.3) is 11.2 Å². The number of H-pyrrole nitrogens is 1. The predicted molar refractivity (Wildman–Crippen MR) is 80.9 cm³/mol. The van der Waals surface area contributed by atoms with Gasteiger partial charge in [-0.05, 0) is 49.5 Å². The molecule has 2 aromatic heterocycles. The minimum absolute atomic E-state index is 0.523. The van der Waals surface area contributed by atoms with Crippen molar-refractivity contribution < 1.29 is 0 Å². The fraction of sp³-hybridized carbons (Fsp3) is 0.600. The van der Waals surface area contributed by atoms with E-state index in [1.54, 1.807) is 0 Å². The van der Waals surface area contributed by atoms with Crippen LogP contribution in [0.15, 0.2) is 12.3 Å². The number of rotatable bonds is 2. The minimum atomic E-state index is 0.523. The van der Waals surface area contributed by atoms with Crippen molar-refractivity contribution in [2.75, 3.05) is 0 Å². The number of nitrogens with one attached hydrogen (secondary N) is 1. The summed E-state index contributed by atoms with van der Waals surface area (Å²) in [7, 11) is 0. The summed E-state index contributed by atoms with van der Waals surface area (Å²) in [6.45, 7) is 4.36. The molecule has 2 atom stereocenters. The number of aryl methyl sites for hydroxylation is 1. The van der Waals surface area contributed by atoms with Gasteiger partial charge in [0.15, 0.2) is 10.4 Å². The van der Waals surface area contributed by atoms with E-state index in [2.05, 4.69) is 34.4 Å². The first-order chi connectivity index (χ1) is 9.20. The van der Waals surface area contributed by atoms with Gasteiger partial charge in [-0.25, -0.2) is 4.98 Å². The van der Waals surface area contributed by atoms with Crippen LogP contribution in [0.3, 0.4) is 0 Å². The molecule has 102 valence electrons. The van der Waals surface area contributed by atoms with Gasteiger partial charge in [-0.15, -0.1) is 0 Å². The average molecular weight is 275 g/mol. The Hall–Kier alpha value is -1.16. The van der Waals surface area contributed by atoms with Crippen LogP contribution in [0, 0.1) is 17.6 Å². The zero-order valence-electron chi connectivity index (χ0n) is 11.6. The summed E-state index contributed by atoms with van der Waals surface area (Å²) in [6.07, 6.45) is 8.38. The van der Waals surface area contributed by atoms with Crippen molar-refractivity contribution in [1.82, 2.24) is 14.5 Å². The molecule has 1 fully saturated rings. The van der Waals surface area contributed by atoms with Gasteiger partial charge in [0.1, 0.15) is 0 Å². The molecule has 0 spiro atoms. The van der Waals surface area contributed by atoms with Crippen LogP contribution in [0.2, 0.25) is 0 Å². The van der Waals surface area contributed by atoms with Crippen LogP contribution < -0.4 is 0 Å². The number of pyridine rings is 1. The first-order valence-electron chi connectivity index (χ1n) is 7.27. The van der Waals surface area contributed by atoms with E-state index >= 15 is 0 Å². The lowest BCUT2D eigenvalue weighted by atomic mass is 9.83. The third kappa shape index (κ3) is 2.22. The van der Waals surface area contributed by atoms with Crippen LogP contribution in [0.5, 0.6) is 0 Å². The van der Waals surface area contributed by atoms with E-state index in [-0.39, 0.29) is 0 Å². The summed E-state index contributed by atoms with van der Waals surface area (Å²) in [4.78, 5) is 7.94. The topological polar surface area (TPSA) is 33.6 Å². The molecule has 1 aliphatic rings. The molecule has 1 N–H and O–H groups in total. The number of hydrogen-bond acceptors (Lipinski definition) is 2. The van der Waals surface area contributed by atoms with Gasteiger partial charge in [0.05, 0.1) is 5.52 Å². The van der Waals surface area contributed by atoms with Crippen LogP contribution in [-0.4, -0.2) is 14.5 Å². The zero-order chi connectivity index (χ0) is 13.4. The van der Waals surface area contributed by atoms with E-state index in [0.29, 0.717) is 6.04 Å². The predicted octanol–water partition coefficient (Wildman–Crippen LogP) is 4.54. The fourth-order valence-corrected chi connectivity index (χ4v) is 3.76. The Labute approximate surface area is 119 Å². The Morgan fingerprint density at radius 2 is 2.21 bits per heavy atom. The molecule has 2 aromatic rings. The SMILES string of the molecule is CCC1CCCCC1n1c(=S)[nH]c2cc(C)cnc21. The van der Waals surface area contributed by atoms with E-state index < -0.39 is 0 Å². The van der Waals surface area contributed by atoms with Crippen LogP contribution in [-0.2, 0) is 0 Å². The summed E-state index contributed by atoms with van der Waals surface area (Å²) < 4.78 is 3.11. The van der Waals surface area contributed by atoms with Gasteiger partial charge >= 0.3 is 0 Å². The van der Waals surface area contributed by atoms with Gasteiger partial charge in [-0.3, -0.25) is 4.57 Å². The second-order valence-corrected chi connectivity index (χ2v) is 6.09. The van der Waals surface area contributed by atoms with E-state index in [0.717, 1.165) is 21.9 Å². The number of aromatic nitrogens is 3. The molecule has 3 nitrogen and oxygen atoms in total. The second-order valence-electron chi connectivity index (χ2n) is 5.70. The lowest BCUT2D eigenvalue weighted by molar-refractivity contribution is 0.234. The maximum absolute atomic E-state index is 5.55. The fourth-order valence-electron chi connectivity index (χ4n) is 3.43. The van der Waals surface area contributed by atoms with Crippen LogP contribution >= 0.6 is 12.2 Å². The Bertz CT molecular complexity index is 640. The summed E-state index contributed by atoms with van der Waals surface area (Å²) in [6, 6.07) is 2.66. The Balaban J connectivity index is 2.13. The highest BCUT2D eigenvalue weighted by Crippen LogP contribution is 2.37. The highest BCUT2D eigenvalue weighted by Gasteiger charge is 2.27. The van der Waals surface area contributed by atoms with E-state index in [1.807, 2.05) is 6.20 Å². The van der Waals surface area contributed by atoms with Crippen LogP contribution in [0.1, 0.15) is 50.6 Å². The number of fused-ring (bicyclic) bond motifs is 1. The van der Waals surface area contributed by atoms with E-state index in [9.17, 15) is 0 Å². The molecule has 0 saturated heterocycles. The third-order valence-electron chi connectivity index (χ3n) is 4.42. The molecule has 1 saturated carbocycles. The number of imidazole rings is 1.